The van der Waals surface area contributed by atoms with Crippen LogP contribution in [-0.2, 0) is 4.74 Å². The summed E-state index contributed by atoms with van der Waals surface area (Å²) in [5.41, 5.74) is 1.42. The smallest absolute Gasteiger partial charge is 0.191 e. The molecule has 1 aliphatic carbocycles. The van der Waals surface area contributed by atoms with E-state index in [1.807, 2.05) is 7.05 Å². The second-order valence-corrected chi connectivity index (χ2v) is 8.76. The zero-order chi connectivity index (χ0) is 18.0. The van der Waals surface area contributed by atoms with E-state index in [0.717, 1.165) is 45.0 Å². The van der Waals surface area contributed by atoms with Crippen LogP contribution in [0.5, 0.6) is 0 Å². The first kappa shape index (κ1) is 18.7. The van der Waals surface area contributed by atoms with Crippen molar-refractivity contribution in [3.8, 4) is 0 Å². The first-order valence-electron chi connectivity index (χ1n) is 9.90. The number of rotatable bonds is 4. The number of aliphatic imine (C=N–C) groups is 1. The van der Waals surface area contributed by atoms with Gasteiger partial charge in [-0.05, 0) is 32.6 Å². The average molecular weight is 349 g/mol. The molecule has 2 saturated heterocycles. The van der Waals surface area contributed by atoms with Crippen molar-refractivity contribution in [1.29, 1.82) is 0 Å². The Morgan fingerprint density at radius 3 is 2.60 bits per heavy atom. The SMILES string of the molecule is C=C(C)CN1CCC(NC(=NC)NC2C3CCCOC3C2(C)C)CC1. The predicted octanol–water partition coefficient (Wildman–Crippen LogP) is 2.40. The minimum Gasteiger partial charge on any atom is -0.377 e. The zero-order valence-electron chi connectivity index (χ0n) is 16.5. The molecule has 1 saturated carbocycles. The Hall–Kier alpha value is -1.07. The molecule has 3 fully saturated rings. The highest BCUT2D eigenvalue weighted by Crippen LogP contribution is 2.51. The van der Waals surface area contributed by atoms with Crippen molar-refractivity contribution >= 4 is 5.96 Å². The first-order valence-corrected chi connectivity index (χ1v) is 9.90. The molecule has 3 aliphatic rings. The first-order chi connectivity index (χ1) is 11.9. The molecule has 142 valence electrons. The van der Waals surface area contributed by atoms with Crippen molar-refractivity contribution in [3.05, 3.63) is 12.2 Å². The van der Waals surface area contributed by atoms with E-state index < -0.39 is 0 Å². The third-order valence-electron chi connectivity index (χ3n) is 6.27. The van der Waals surface area contributed by atoms with Crippen LogP contribution in [0.1, 0.15) is 46.5 Å². The van der Waals surface area contributed by atoms with Crippen LogP contribution in [0.15, 0.2) is 17.1 Å². The van der Waals surface area contributed by atoms with Gasteiger partial charge in [0.1, 0.15) is 0 Å². The molecule has 0 amide bonds. The van der Waals surface area contributed by atoms with Gasteiger partial charge in [-0.15, -0.1) is 0 Å². The average Bonchev–Trinajstić information content (AvgIpc) is 2.59. The maximum absolute atomic E-state index is 6.02. The van der Waals surface area contributed by atoms with E-state index in [9.17, 15) is 0 Å². The van der Waals surface area contributed by atoms with E-state index in [1.165, 1.54) is 18.4 Å². The molecule has 0 spiro atoms. The largest absolute Gasteiger partial charge is 0.377 e. The minimum atomic E-state index is 0.174. The number of piperidine rings is 1. The van der Waals surface area contributed by atoms with E-state index in [1.54, 1.807) is 0 Å². The van der Waals surface area contributed by atoms with Crippen molar-refractivity contribution in [2.24, 2.45) is 16.3 Å². The summed E-state index contributed by atoms with van der Waals surface area (Å²) in [7, 11) is 1.88. The van der Waals surface area contributed by atoms with Gasteiger partial charge in [-0.2, -0.15) is 0 Å². The molecular weight excluding hydrogens is 312 g/mol. The maximum Gasteiger partial charge on any atom is 0.191 e. The molecule has 0 aromatic rings. The second-order valence-electron chi connectivity index (χ2n) is 8.76. The highest BCUT2D eigenvalue weighted by Gasteiger charge is 2.58. The Kier molecular flexibility index (Phi) is 5.74. The summed E-state index contributed by atoms with van der Waals surface area (Å²) in [6.45, 7) is 15.0. The Morgan fingerprint density at radius 1 is 1.24 bits per heavy atom. The Bertz CT molecular complexity index is 508. The van der Waals surface area contributed by atoms with E-state index in [0.29, 0.717) is 24.1 Å². The van der Waals surface area contributed by atoms with Crippen LogP contribution >= 0.6 is 0 Å². The molecule has 0 aromatic carbocycles. The summed E-state index contributed by atoms with van der Waals surface area (Å²) in [6, 6.07) is 0.960. The Balaban J connectivity index is 1.50. The topological polar surface area (TPSA) is 48.9 Å². The molecule has 3 atom stereocenters. The third kappa shape index (κ3) is 4.03. The van der Waals surface area contributed by atoms with Crippen LogP contribution in [0.4, 0.5) is 0 Å². The van der Waals surface area contributed by atoms with Crippen molar-refractivity contribution in [2.45, 2.75) is 64.6 Å². The molecule has 25 heavy (non-hydrogen) atoms. The molecule has 3 rings (SSSR count). The van der Waals surface area contributed by atoms with E-state index in [-0.39, 0.29) is 5.41 Å². The van der Waals surface area contributed by atoms with Gasteiger partial charge >= 0.3 is 0 Å². The minimum absolute atomic E-state index is 0.174. The molecular formula is C20H36N4O. The normalized spacial score (nSPS) is 33.3. The molecule has 0 radical (unpaired) electrons. The fourth-order valence-electron chi connectivity index (χ4n) is 4.94. The molecule has 3 unspecified atom stereocenters. The molecule has 5 heteroatoms. The summed E-state index contributed by atoms with van der Waals surface area (Å²) in [4.78, 5) is 7.00. The lowest BCUT2D eigenvalue weighted by molar-refractivity contribution is -0.188. The summed E-state index contributed by atoms with van der Waals surface area (Å²) in [5, 5.41) is 7.38. The number of nitrogens with zero attached hydrogens (tertiary/aromatic N) is 2. The third-order valence-corrected chi connectivity index (χ3v) is 6.27. The van der Waals surface area contributed by atoms with Crippen LogP contribution in [-0.4, -0.2) is 62.3 Å². The lowest BCUT2D eigenvalue weighted by atomic mass is 9.55. The van der Waals surface area contributed by atoms with Crippen LogP contribution in [0, 0.1) is 11.3 Å². The van der Waals surface area contributed by atoms with Gasteiger partial charge in [0, 0.05) is 56.7 Å². The Morgan fingerprint density at radius 2 is 1.96 bits per heavy atom. The summed E-state index contributed by atoms with van der Waals surface area (Å²) < 4.78 is 6.02. The van der Waals surface area contributed by atoms with Gasteiger partial charge in [0.25, 0.3) is 0 Å². The lowest BCUT2D eigenvalue weighted by Crippen LogP contribution is -2.71. The highest BCUT2D eigenvalue weighted by molar-refractivity contribution is 5.80. The van der Waals surface area contributed by atoms with Gasteiger partial charge in [0.05, 0.1) is 6.10 Å². The van der Waals surface area contributed by atoms with Crippen LogP contribution in [0.25, 0.3) is 0 Å². The van der Waals surface area contributed by atoms with Gasteiger partial charge in [-0.1, -0.05) is 26.0 Å². The van der Waals surface area contributed by atoms with Crippen LogP contribution in [0.3, 0.4) is 0 Å². The molecule has 0 bridgehead atoms. The molecule has 2 heterocycles. The van der Waals surface area contributed by atoms with Gasteiger partial charge < -0.3 is 15.4 Å². The monoisotopic (exact) mass is 348 g/mol. The number of ether oxygens (including phenoxy) is 1. The number of likely N-dealkylation sites (tertiary alicyclic amines) is 1. The fourth-order valence-corrected chi connectivity index (χ4v) is 4.94. The van der Waals surface area contributed by atoms with Gasteiger partial charge in [0.2, 0.25) is 0 Å². The van der Waals surface area contributed by atoms with Crippen molar-refractivity contribution < 1.29 is 4.74 Å². The number of hydrogen-bond donors (Lipinski definition) is 2. The van der Waals surface area contributed by atoms with Gasteiger partial charge in [-0.25, -0.2) is 0 Å². The van der Waals surface area contributed by atoms with Crippen LogP contribution < -0.4 is 10.6 Å². The van der Waals surface area contributed by atoms with Crippen molar-refractivity contribution in [2.75, 3.05) is 33.3 Å². The van der Waals surface area contributed by atoms with E-state index >= 15 is 0 Å². The van der Waals surface area contributed by atoms with Crippen molar-refractivity contribution in [1.82, 2.24) is 15.5 Å². The predicted molar refractivity (Wildman–Crippen MR) is 104 cm³/mol. The number of fused-ring (bicyclic) bond motifs is 1. The number of hydrogen-bond acceptors (Lipinski definition) is 3. The summed E-state index contributed by atoms with van der Waals surface area (Å²) in [5.74, 6) is 1.58. The highest BCUT2D eigenvalue weighted by atomic mass is 16.5. The Labute approximate surface area is 153 Å². The quantitative estimate of drug-likeness (QED) is 0.465. The summed E-state index contributed by atoms with van der Waals surface area (Å²) in [6.07, 6.45) is 5.18. The summed E-state index contributed by atoms with van der Waals surface area (Å²) >= 11 is 0. The zero-order valence-corrected chi connectivity index (χ0v) is 16.5. The number of nitrogens with one attached hydrogen (secondary N) is 2. The number of guanidine groups is 1. The van der Waals surface area contributed by atoms with Crippen molar-refractivity contribution in [3.63, 3.8) is 0 Å². The van der Waals surface area contributed by atoms with E-state index in [2.05, 4.69) is 47.9 Å². The molecule has 2 aliphatic heterocycles. The van der Waals surface area contributed by atoms with Crippen LogP contribution in [0.2, 0.25) is 0 Å². The molecule has 5 nitrogen and oxygen atoms in total. The lowest BCUT2D eigenvalue weighted by Gasteiger charge is -2.60. The van der Waals surface area contributed by atoms with Gasteiger partial charge in [0.15, 0.2) is 5.96 Å². The standard InChI is InChI=1S/C20H36N4O/c1-14(2)13-24-10-8-15(9-11-24)22-19(21-5)23-17-16-7-6-12-25-18(16)20(17,3)4/h15-18H,1,6-13H2,2-5H3,(H2,21,22,23). The molecule has 0 aromatic heterocycles. The van der Waals surface area contributed by atoms with E-state index in [4.69, 9.17) is 4.74 Å². The fraction of sp³-hybridized carbons (Fsp3) is 0.850. The maximum atomic E-state index is 6.02. The second kappa shape index (κ2) is 7.67. The molecule has 2 N–H and O–H groups in total. The van der Waals surface area contributed by atoms with Gasteiger partial charge in [-0.3, -0.25) is 9.89 Å².